The van der Waals surface area contributed by atoms with Crippen molar-refractivity contribution in [1.29, 1.82) is 0 Å². The number of aromatic nitrogens is 2. The van der Waals surface area contributed by atoms with Gasteiger partial charge in [0.25, 0.3) is 0 Å². The van der Waals surface area contributed by atoms with Crippen LogP contribution in [0, 0.1) is 0 Å². The van der Waals surface area contributed by atoms with E-state index >= 15 is 0 Å². The predicted molar refractivity (Wildman–Crippen MR) is 108 cm³/mol. The number of rotatable bonds is 4. The van der Waals surface area contributed by atoms with Crippen LogP contribution in [-0.4, -0.2) is 9.97 Å². The van der Waals surface area contributed by atoms with Crippen molar-refractivity contribution in [1.82, 2.24) is 9.97 Å². The second-order valence-corrected chi connectivity index (χ2v) is 6.15. The second kappa shape index (κ2) is 6.90. The molecular weight excluding hydrogens is 346 g/mol. The Morgan fingerprint density at radius 2 is 1.35 bits per heavy atom. The molecule has 0 aliphatic carbocycles. The van der Waals surface area contributed by atoms with E-state index in [0.717, 1.165) is 22.1 Å². The Morgan fingerprint density at radius 3 is 2.15 bits per heavy atom. The van der Waals surface area contributed by atoms with Crippen molar-refractivity contribution >= 4 is 51.1 Å². The van der Waals surface area contributed by atoms with Crippen molar-refractivity contribution in [2.75, 3.05) is 16.4 Å². The van der Waals surface area contributed by atoms with Gasteiger partial charge in [0.1, 0.15) is 12.0 Å². The molecule has 128 valence electrons. The van der Waals surface area contributed by atoms with Crippen molar-refractivity contribution in [2.24, 2.45) is 0 Å². The Kier molecular flexibility index (Phi) is 4.29. The van der Waals surface area contributed by atoms with E-state index in [1.807, 2.05) is 42.5 Å². The molecule has 5 nitrogen and oxygen atoms in total. The molecule has 0 aliphatic heterocycles. The van der Waals surface area contributed by atoms with E-state index in [2.05, 4.69) is 38.8 Å². The van der Waals surface area contributed by atoms with Crippen LogP contribution in [0.5, 0.6) is 0 Å². The third-order valence-electron chi connectivity index (χ3n) is 4.05. The fourth-order valence-corrected chi connectivity index (χ4v) is 2.93. The van der Waals surface area contributed by atoms with E-state index in [1.54, 1.807) is 6.07 Å². The van der Waals surface area contributed by atoms with Crippen molar-refractivity contribution in [3.05, 3.63) is 78.1 Å². The summed E-state index contributed by atoms with van der Waals surface area (Å²) in [5, 5.41) is 9.28. The van der Waals surface area contributed by atoms with Crippen molar-refractivity contribution in [2.45, 2.75) is 0 Å². The average molecular weight is 362 g/mol. The number of halogens is 1. The van der Waals surface area contributed by atoms with Gasteiger partial charge in [-0.15, -0.1) is 0 Å². The third-order valence-corrected chi connectivity index (χ3v) is 4.38. The van der Waals surface area contributed by atoms with E-state index in [-0.39, 0.29) is 0 Å². The fraction of sp³-hybridized carbons (Fsp3) is 0. The Balaban J connectivity index is 1.69. The number of nitrogen functional groups attached to an aromatic ring is 1. The number of benzene rings is 3. The molecule has 0 bridgehead atoms. The highest BCUT2D eigenvalue weighted by Gasteiger charge is 2.11. The first-order valence-electron chi connectivity index (χ1n) is 8.09. The van der Waals surface area contributed by atoms with Crippen LogP contribution >= 0.6 is 11.6 Å². The molecule has 0 spiro atoms. The van der Waals surface area contributed by atoms with Gasteiger partial charge in [0, 0.05) is 11.1 Å². The van der Waals surface area contributed by atoms with Crippen LogP contribution < -0.4 is 16.4 Å². The standard InChI is InChI=1S/C20H16ClN5/c21-15-9-3-4-10-17(15)26-20-18(22)19(23-12-24-20)25-16-11-5-7-13-6-1-2-8-14(13)16/h1-12H,22H2,(H2,23,24,25,26). The number of nitrogens with two attached hydrogens (primary N) is 1. The molecule has 1 heterocycles. The number of para-hydroxylation sites is 1. The van der Waals surface area contributed by atoms with Crippen LogP contribution in [0.2, 0.25) is 5.02 Å². The number of nitrogens with zero attached hydrogens (tertiary/aromatic N) is 2. The minimum atomic E-state index is 0.417. The zero-order valence-corrected chi connectivity index (χ0v) is 14.5. The smallest absolute Gasteiger partial charge is 0.159 e. The third kappa shape index (κ3) is 3.12. The zero-order chi connectivity index (χ0) is 17.9. The maximum Gasteiger partial charge on any atom is 0.159 e. The molecule has 0 saturated heterocycles. The number of nitrogens with one attached hydrogen (secondary N) is 2. The topological polar surface area (TPSA) is 75.9 Å². The Labute approximate surface area is 155 Å². The fourth-order valence-electron chi connectivity index (χ4n) is 2.75. The minimum absolute atomic E-state index is 0.417. The van der Waals surface area contributed by atoms with Gasteiger partial charge in [0.05, 0.1) is 10.7 Å². The largest absolute Gasteiger partial charge is 0.393 e. The van der Waals surface area contributed by atoms with E-state index in [9.17, 15) is 0 Å². The molecule has 0 atom stereocenters. The maximum absolute atomic E-state index is 6.28. The van der Waals surface area contributed by atoms with Crippen LogP contribution in [0.25, 0.3) is 10.8 Å². The summed E-state index contributed by atoms with van der Waals surface area (Å²) in [6.45, 7) is 0. The Morgan fingerprint density at radius 1 is 0.731 bits per heavy atom. The van der Waals surface area contributed by atoms with Crippen LogP contribution in [0.15, 0.2) is 73.1 Å². The summed E-state index contributed by atoms with van der Waals surface area (Å²) in [6.07, 6.45) is 1.46. The highest BCUT2D eigenvalue weighted by Crippen LogP contribution is 2.32. The molecular formula is C20H16ClN5. The molecule has 4 aromatic rings. The molecule has 0 radical (unpaired) electrons. The van der Waals surface area contributed by atoms with Gasteiger partial charge < -0.3 is 16.4 Å². The predicted octanol–water partition coefficient (Wildman–Crippen LogP) is 5.35. The van der Waals surface area contributed by atoms with E-state index in [4.69, 9.17) is 17.3 Å². The van der Waals surface area contributed by atoms with E-state index in [1.165, 1.54) is 6.33 Å². The van der Waals surface area contributed by atoms with Gasteiger partial charge in [0.15, 0.2) is 11.6 Å². The van der Waals surface area contributed by atoms with Gasteiger partial charge in [-0.05, 0) is 23.6 Å². The molecule has 0 saturated carbocycles. The summed E-state index contributed by atoms with van der Waals surface area (Å²) < 4.78 is 0. The van der Waals surface area contributed by atoms with Crippen molar-refractivity contribution < 1.29 is 0 Å². The first-order valence-corrected chi connectivity index (χ1v) is 8.47. The SMILES string of the molecule is Nc1c(Nc2ccccc2Cl)ncnc1Nc1cccc2ccccc12. The molecule has 0 fully saturated rings. The second-order valence-electron chi connectivity index (χ2n) is 5.74. The quantitative estimate of drug-likeness (QED) is 0.456. The number of hydrogen-bond donors (Lipinski definition) is 3. The minimum Gasteiger partial charge on any atom is -0.393 e. The summed E-state index contributed by atoms with van der Waals surface area (Å²) in [5.41, 5.74) is 8.36. The van der Waals surface area contributed by atoms with Gasteiger partial charge in [0.2, 0.25) is 0 Å². The normalized spacial score (nSPS) is 10.7. The highest BCUT2D eigenvalue weighted by atomic mass is 35.5. The van der Waals surface area contributed by atoms with Gasteiger partial charge in [-0.1, -0.05) is 60.1 Å². The summed E-state index contributed by atoms with van der Waals surface area (Å²) >= 11 is 6.20. The Hall–Kier alpha value is -3.31. The lowest BCUT2D eigenvalue weighted by Gasteiger charge is -2.14. The Bertz CT molecular complexity index is 1080. The lowest BCUT2D eigenvalue weighted by atomic mass is 10.1. The maximum atomic E-state index is 6.28. The van der Waals surface area contributed by atoms with Crippen LogP contribution in [-0.2, 0) is 0 Å². The van der Waals surface area contributed by atoms with E-state index in [0.29, 0.717) is 22.3 Å². The molecule has 4 N–H and O–H groups in total. The highest BCUT2D eigenvalue weighted by molar-refractivity contribution is 6.33. The molecule has 6 heteroatoms. The molecule has 0 aliphatic rings. The molecule has 0 amide bonds. The molecule has 0 unspecified atom stereocenters. The van der Waals surface area contributed by atoms with Gasteiger partial charge in [-0.2, -0.15) is 0 Å². The summed E-state index contributed by atoms with van der Waals surface area (Å²) in [5.74, 6) is 1.03. The summed E-state index contributed by atoms with van der Waals surface area (Å²) in [7, 11) is 0. The van der Waals surface area contributed by atoms with Gasteiger partial charge in [-0.3, -0.25) is 0 Å². The summed E-state index contributed by atoms with van der Waals surface area (Å²) in [6, 6.07) is 21.6. The lowest BCUT2D eigenvalue weighted by molar-refractivity contribution is 1.17. The average Bonchev–Trinajstić information content (AvgIpc) is 2.67. The van der Waals surface area contributed by atoms with Gasteiger partial charge in [-0.25, -0.2) is 9.97 Å². The molecule has 4 rings (SSSR count). The van der Waals surface area contributed by atoms with Crippen LogP contribution in [0.3, 0.4) is 0 Å². The number of hydrogen-bond acceptors (Lipinski definition) is 5. The van der Waals surface area contributed by atoms with Gasteiger partial charge >= 0.3 is 0 Å². The lowest BCUT2D eigenvalue weighted by Crippen LogP contribution is -2.05. The molecule has 26 heavy (non-hydrogen) atoms. The molecule has 1 aromatic heterocycles. The summed E-state index contributed by atoms with van der Waals surface area (Å²) in [4.78, 5) is 8.52. The van der Waals surface area contributed by atoms with Crippen LogP contribution in [0.1, 0.15) is 0 Å². The van der Waals surface area contributed by atoms with Crippen LogP contribution in [0.4, 0.5) is 28.7 Å². The van der Waals surface area contributed by atoms with Crippen molar-refractivity contribution in [3.63, 3.8) is 0 Å². The van der Waals surface area contributed by atoms with E-state index < -0.39 is 0 Å². The monoisotopic (exact) mass is 361 g/mol. The first kappa shape index (κ1) is 16.2. The number of anilines is 5. The number of fused-ring (bicyclic) bond motifs is 1. The first-order chi connectivity index (χ1) is 12.7. The molecule has 3 aromatic carbocycles. The van der Waals surface area contributed by atoms with Crippen molar-refractivity contribution in [3.8, 4) is 0 Å². The zero-order valence-electron chi connectivity index (χ0n) is 13.8.